The first-order valence-electron chi connectivity index (χ1n) is 8.21. The van der Waals surface area contributed by atoms with Crippen molar-refractivity contribution in [2.45, 2.75) is 26.2 Å². The number of halogens is 2. The van der Waals surface area contributed by atoms with Gasteiger partial charge in [-0.05, 0) is 24.3 Å². The Hall–Kier alpha value is -2.93. The maximum absolute atomic E-state index is 13.9. The molecule has 0 fully saturated rings. The summed E-state index contributed by atoms with van der Waals surface area (Å²) in [6, 6.07) is 4.17. The van der Waals surface area contributed by atoms with Crippen LogP contribution in [0.1, 0.15) is 37.7 Å². The Kier molecular flexibility index (Phi) is 4.89. The summed E-state index contributed by atoms with van der Waals surface area (Å²) in [6.07, 6.45) is 4.23. The lowest BCUT2D eigenvalue weighted by Gasteiger charge is -2.16. The van der Waals surface area contributed by atoms with Gasteiger partial charge < -0.3 is 15.0 Å². The predicted molar refractivity (Wildman–Crippen MR) is 103 cm³/mol. The van der Waals surface area contributed by atoms with Gasteiger partial charge in [-0.15, -0.1) is 0 Å². The molecule has 3 rings (SSSR count). The topological polar surface area (TPSA) is 94.4 Å². The van der Waals surface area contributed by atoms with E-state index in [9.17, 15) is 14.0 Å². The highest BCUT2D eigenvalue weighted by Gasteiger charge is 2.19. The second kappa shape index (κ2) is 7.00. The van der Waals surface area contributed by atoms with Crippen molar-refractivity contribution < 1.29 is 4.39 Å². The van der Waals surface area contributed by atoms with Crippen LogP contribution in [0.25, 0.3) is 12.2 Å². The molecule has 0 saturated heterocycles. The number of rotatable bonds is 2. The molecule has 2 heterocycles. The Morgan fingerprint density at radius 2 is 1.70 bits per heavy atom. The van der Waals surface area contributed by atoms with E-state index in [1.165, 1.54) is 36.7 Å². The number of hydrogen-bond donors (Lipinski definition) is 3. The monoisotopic (exact) mass is 388 g/mol. The van der Waals surface area contributed by atoms with E-state index < -0.39 is 16.9 Å². The molecule has 140 valence electrons. The Bertz CT molecular complexity index is 1210. The maximum Gasteiger partial charge on any atom is 0.272 e. The van der Waals surface area contributed by atoms with Crippen molar-refractivity contribution in [3.05, 3.63) is 83.7 Å². The standard InChI is InChI=1S/C19H18ClFN4O2/c1-19(2,3)16-13(22-9-23-16)8-15-18(27)24-14(17(26)25-15)7-10-11(20)5-4-6-12(10)21/h4-9H,1-3H3,(H,22,23)(H,24,27)(H,25,26). The number of hydrogen-bond acceptors (Lipinski definition) is 3. The summed E-state index contributed by atoms with van der Waals surface area (Å²) in [4.78, 5) is 37.0. The molecular weight excluding hydrogens is 371 g/mol. The molecule has 0 spiro atoms. The van der Waals surface area contributed by atoms with Gasteiger partial charge in [0.1, 0.15) is 16.5 Å². The van der Waals surface area contributed by atoms with Crippen molar-refractivity contribution >= 4 is 23.8 Å². The lowest BCUT2D eigenvalue weighted by molar-refractivity contribution is 0.571. The van der Waals surface area contributed by atoms with Crippen molar-refractivity contribution in [2.24, 2.45) is 0 Å². The van der Waals surface area contributed by atoms with Crippen LogP contribution in [0, 0.1) is 5.82 Å². The Morgan fingerprint density at radius 1 is 1.07 bits per heavy atom. The van der Waals surface area contributed by atoms with Crippen LogP contribution in [0.4, 0.5) is 4.39 Å². The third-order valence-corrected chi connectivity index (χ3v) is 4.30. The molecule has 0 aliphatic carbocycles. The van der Waals surface area contributed by atoms with Gasteiger partial charge in [0.15, 0.2) is 0 Å². The van der Waals surface area contributed by atoms with Crippen LogP contribution in [0.5, 0.6) is 0 Å². The summed E-state index contributed by atoms with van der Waals surface area (Å²) in [6.45, 7) is 6.00. The third-order valence-electron chi connectivity index (χ3n) is 3.97. The molecule has 0 unspecified atom stereocenters. The van der Waals surface area contributed by atoms with E-state index in [0.29, 0.717) is 5.69 Å². The Morgan fingerprint density at radius 3 is 2.30 bits per heavy atom. The number of nitrogens with one attached hydrogen (secondary N) is 3. The minimum absolute atomic E-state index is 0.0272. The molecule has 0 aliphatic rings. The molecule has 0 atom stereocenters. The van der Waals surface area contributed by atoms with Crippen molar-refractivity contribution in [3.63, 3.8) is 0 Å². The molecule has 6 nitrogen and oxygen atoms in total. The lowest BCUT2D eigenvalue weighted by Crippen LogP contribution is -2.46. The summed E-state index contributed by atoms with van der Waals surface area (Å²) < 4.78 is 13.9. The molecule has 0 saturated carbocycles. The van der Waals surface area contributed by atoms with Crippen LogP contribution in [-0.4, -0.2) is 19.9 Å². The maximum atomic E-state index is 13.9. The summed E-state index contributed by atoms with van der Waals surface area (Å²) in [5.74, 6) is -0.593. The molecule has 3 aromatic rings. The van der Waals surface area contributed by atoms with Crippen LogP contribution in [0.3, 0.4) is 0 Å². The number of imidazole rings is 1. The fourth-order valence-electron chi connectivity index (χ4n) is 2.64. The van der Waals surface area contributed by atoms with Crippen molar-refractivity contribution in [3.8, 4) is 0 Å². The molecule has 8 heteroatoms. The van der Waals surface area contributed by atoms with E-state index >= 15 is 0 Å². The number of nitrogens with zero attached hydrogens (tertiary/aromatic N) is 1. The highest BCUT2D eigenvalue weighted by atomic mass is 35.5. The summed E-state index contributed by atoms with van der Waals surface area (Å²) in [7, 11) is 0. The number of benzene rings is 1. The first-order valence-corrected chi connectivity index (χ1v) is 8.58. The first kappa shape index (κ1) is 18.8. The highest BCUT2D eigenvalue weighted by molar-refractivity contribution is 6.32. The van der Waals surface area contributed by atoms with Gasteiger partial charge in [-0.1, -0.05) is 38.4 Å². The van der Waals surface area contributed by atoms with Crippen LogP contribution in [0.2, 0.25) is 5.02 Å². The van der Waals surface area contributed by atoms with Crippen LogP contribution in [-0.2, 0) is 5.41 Å². The minimum Gasteiger partial charge on any atom is -0.348 e. The fraction of sp³-hybridized carbons (Fsp3) is 0.211. The summed E-state index contributed by atoms with van der Waals surface area (Å²) >= 11 is 5.96. The SMILES string of the molecule is CC(C)(C)c1[nH]cnc1C=c1[nH]c(=O)c(=Cc2c(F)cccc2Cl)[nH]c1=O. The van der Waals surface area contributed by atoms with Gasteiger partial charge in [0.25, 0.3) is 11.1 Å². The normalized spacial score (nSPS) is 13.4. The minimum atomic E-state index is -0.593. The first-order chi connectivity index (χ1) is 12.7. The largest absolute Gasteiger partial charge is 0.348 e. The van der Waals surface area contributed by atoms with Crippen molar-refractivity contribution in [1.82, 2.24) is 19.9 Å². The molecule has 27 heavy (non-hydrogen) atoms. The average Bonchev–Trinajstić information content (AvgIpc) is 3.04. The smallest absolute Gasteiger partial charge is 0.272 e. The van der Waals surface area contributed by atoms with E-state index in [-0.39, 0.29) is 26.7 Å². The van der Waals surface area contributed by atoms with Gasteiger partial charge in [-0.25, -0.2) is 9.37 Å². The van der Waals surface area contributed by atoms with E-state index in [0.717, 1.165) is 5.69 Å². The highest BCUT2D eigenvalue weighted by Crippen LogP contribution is 2.22. The van der Waals surface area contributed by atoms with Gasteiger partial charge >= 0.3 is 0 Å². The van der Waals surface area contributed by atoms with Gasteiger partial charge in [0.05, 0.1) is 17.0 Å². The molecule has 3 N–H and O–H groups in total. The van der Waals surface area contributed by atoms with Crippen LogP contribution < -0.4 is 21.8 Å². The second-order valence-corrected chi connectivity index (χ2v) is 7.48. The van der Waals surface area contributed by atoms with Gasteiger partial charge in [0.2, 0.25) is 0 Å². The van der Waals surface area contributed by atoms with E-state index in [4.69, 9.17) is 11.6 Å². The molecule has 2 aromatic heterocycles. The molecular formula is C19H18ClFN4O2. The number of H-pyrrole nitrogens is 3. The van der Waals surface area contributed by atoms with E-state index in [2.05, 4.69) is 19.9 Å². The molecule has 0 amide bonds. The van der Waals surface area contributed by atoms with Gasteiger partial charge in [-0.3, -0.25) is 9.59 Å². The average molecular weight is 389 g/mol. The van der Waals surface area contributed by atoms with Crippen LogP contribution in [0.15, 0.2) is 34.1 Å². The van der Waals surface area contributed by atoms with Crippen LogP contribution >= 0.6 is 11.6 Å². The summed E-state index contributed by atoms with van der Waals surface area (Å²) in [5.41, 5.74) is 0.0858. The third kappa shape index (κ3) is 3.93. The van der Waals surface area contributed by atoms with Crippen molar-refractivity contribution in [1.29, 1.82) is 0 Å². The zero-order valence-electron chi connectivity index (χ0n) is 15.0. The molecule has 0 radical (unpaired) electrons. The zero-order valence-corrected chi connectivity index (χ0v) is 15.7. The molecule has 0 aliphatic heterocycles. The quantitative estimate of drug-likeness (QED) is 0.621. The predicted octanol–water partition coefficient (Wildman–Crippen LogP) is 1.53. The Balaban J connectivity index is 2.18. The van der Waals surface area contributed by atoms with Crippen molar-refractivity contribution in [2.75, 3.05) is 0 Å². The van der Waals surface area contributed by atoms with E-state index in [1.54, 1.807) is 0 Å². The lowest BCUT2D eigenvalue weighted by atomic mass is 9.90. The molecule has 1 aromatic carbocycles. The summed E-state index contributed by atoms with van der Waals surface area (Å²) in [5, 5.41) is 0.0915. The second-order valence-electron chi connectivity index (χ2n) is 7.07. The van der Waals surface area contributed by atoms with Gasteiger partial charge in [-0.2, -0.15) is 0 Å². The fourth-order valence-corrected chi connectivity index (χ4v) is 2.86. The molecule has 0 bridgehead atoms. The number of aromatic amines is 3. The van der Waals surface area contributed by atoms with Gasteiger partial charge in [0, 0.05) is 16.7 Å². The van der Waals surface area contributed by atoms with E-state index in [1.807, 2.05) is 20.8 Å². The number of aromatic nitrogens is 4. The Labute approximate surface area is 158 Å². The zero-order chi connectivity index (χ0) is 19.8.